The summed E-state index contributed by atoms with van der Waals surface area (Å²) in [7, 11) is 0. The van der Waals surface area contributed by atoms with Crippen LogP contribution in [0.5, 0.6) is 11.5 Å². The normalized spacial score (nSPS) is 13.4. The minimum absolute atomic E-state index is 0.0503. The number of anilines is 1. The summed E-state index contributed by atoms with van der Waals surface area (Å²) in [6.07, 6.45) is 0.767. The maximum Gasteiger partial charge on any atom is 0.258 e. The van der Waals surface area contributed by atoms with E-state index in [-0.39, 0.29) is 5.56 Å². The second-order valence-electron chi connectivity index (χ2n) is 4.76. The Balaban J connectivity index is 1.88. The van der Waals surface area contributed by atoms with Crippen molar-refractivity contribution < 1.29 is 18.7 Å². The van der Waals surface area contributed by atoms with Crippen molar-refractivity contribution in [2.24, 2.45) is 0 Å². The molecular weight excluding hydrogens is 309 g/mol. The van der Waals surface area contributed by atoms with E-state index in [1.165, 1.54) is 18.2 Å². The van der Waals surface area contributed by atoms with Crippen molar-refractivity contribution in [1.29, 1.82) is 0 Å². The predicted molar refractivity (Wildman–Crippen MR) is 81.4 cm³/mol. The van der Waals surface area contributed by atoms with E-state index < -0.39 is 11.7 Å². The molecule has 0 aliphatic carbocycles. The molecule has 3 rings (SSSR count). The molecule has 1 N–H and O–H groups in total. The van der Waals surface area contributed by atoms with Gasteiger partial charge in [-0.05, 0) is 12.1 Å². The number of rotatable bonds is 2. The molecule has 0 unspecified atom stereocenters. The van der Waals surface area contributed by atoms with E-state index in [4.69, 9.17) is 21.1 Å². The Hall–Kier alpha value is -2.27. The lowest BCUT2D eigenvalue weighted by atomic mass is 10.2. The van der Waals surface area contributed by atoms with E-state index in [2.05, 4.69) is 5.32 Å². The molecule has 0 saturated carbocycles. The molecular formula is C16H13ClFNO3. The summed E-state index contributed by atoms with van der Waals surface area (Å²) in [5.41, 5.74) is 0.296. The largest absolute Gasteiger partial charge is 0.490 e. The highest BCUT2D eigenvalue weighted by Gasteiger charge is 2.17. The third-order valence-electron chi connectivity index (χ3n) is 3.20. The molecule has 6 heteroatoms. The number of hydrogen-bond donors (Lipinski definition) is 1. The topological polar surface area (TPSA) is 47.6 Å². The number of carbonyl (C=O) groups is 1. The number of ether oxygens (including phenoxy) is 2. The molecule has 4 nitrogen and oxygen atoms in total. The highest BCUT2D eigenvalue weighted by molar-refractivity contribution is 6.34. The smallest absolute Gasteiger partial charge is 0.258 e. The van der Waals surface area contributed by atoms with Crippen LogP contribution >= 0.6 is 11.6 Å². The van der Waals surface area contributed by atoms with Crippen molar-refractivity contribution in [2.75, 3.05) is 18.5 Å². The zero-order chi connectivity index (χ0) is 15.5. The van der Waals surface area contributed by atoms with Crippen LogP contribution < -0.4 is 14.8 Å². The average Bonchev–Trinajstić information content (AvgIpc) is 2.73. The average molecular weight is 322 g/mol. The zero-order valence-electron chi connectivity index (χ0n) is 11.6. The van der Waals surface area contributed by atoms with Gasteiger partial charge in [0.05, 0.1) is 29.5 Å². The summed E-state index contributed by atoms with van der Waals surface area (Å²) >= 11 is 6.14. The van der Waals surface area contributed by atoms with E-state index in [1.807, 2.05) is 0 Å². The van der Waals surface area contributed by atoms with Crippen molar-refractivity contribution >= 4 is 23.2 Å². The van der Waals surface area contributed by atoms with Crippen molar-refractivity contribution in [3.63, 3.8) is 0 Å². The molecule has 22 heavy (non-hydrogen) atoms. The first-order chi connectivity index (χ1) is 10.6. The minimum atomic E-state index is -0.592. The Labute approximate surface area is 131 Å². The number of benzene rings is 2. The molecule has 0 bridgehead atoms. The number of fused-ring (bicyclic) bond motifs is 1. The van der Waals surface area contributed by atoms with Crippen LogP contribution in [0.1, 0.15) is 16.8 Å². The number of hydrogen-bond acceptors (Lipinski definition) is 3. The quantitative estimate of drug-likeness (QED) is 0.912. The fourth-order valence-electron chi connectivity index (χ4n) is 2.11. The van der Waals surface area contributed by atoms with Crippen molar-refractivity contribution in [2.45, 2.75) is 6.42 Å². The number of amides is 1. The third kappa shape index (κ3) is 2.99. The number of nitrogens with one attached hydrogen (secondary N) is 1. The molecule has 0 atom stereocenters. The third-order valence-corrected chi connectivity index (χ3v) is 3.52. The molecule has 114 valence electrons. The van der Waals surface area contributed by atoms with Crippen LogP contribution in [0.2, 0.25) is 5.02 Å². The molecule has 1 amide bonds. The van der Waals surface area contributed by atoms with Crippen molar-refractivity contribution in [3.05, 3.63) is 52.8 Å². The first-order valence-corrected chi connectivity index (χ1v) is 7.18. The molecule has 2 aromatic carbocycles. The molecule has 2 aromatic rings. The fraction of sp³-hybridized carbons (Fsp3) is 0.188. The summed E-state index contributed by atoms with van der Waals surface area (Å²) in [5, 5.41) is 2.89. The molecule has 1 heterocycles. The monoisotopic (exact) mass is 321 g/mol. The molecule has 0 aromatic heterocycles. The van der Waals surface area contributed by atoms with Crippen LogP contribution in [0.4, 0.5) is 10.1 Å². The lowest BCUT2D eigenvalue weighted by Crippen LogP contribution is -2.14. The summed E-state index contributed by atoms with van der Waals surface area (Å²) in [4.78, 5) is 12.1. The summed E-state index contributed by atoms with van der Waals surface area (Å²) < 4.78 is 24.7. The van der Waals surface area contributed by atoms with Crippen LogP contribution in [0.15, 0.2) is 36.4 Å². The van der Waals surface area contributed by atoms with Gasteiger partial charge in [0.2, 0.25) is 0 Å². The van der Waals surface area contributed by atoms with Gasteiger partial charge in [0, 0.05) is 18.6 Å². The summed E-state index contributed by atoms with van der Waals surface area (Å²) in [5.74, 6) is -0.128. The minimum Gasteiger partial charge on any atom is -0.490 e. The summed E-state index contributed by atoms with van der Waals surface area (Å²) in [6.45, 7) is 1.07. The van der Waals surface area contributed by atoms with E-state index in [9.17, 15) is 9.18 Å². The van der Waals surface area contributed by atoms with Gasteiger partial charge < -0.3 is 14.8 Å². The SMILES string of the molecule is O=C(Nc1cc2c(cc1Cl)OCCCO2)c1ccccc1F. The second-order valence-corrected chi connectivity index (χ2v) is 5.17. The maximum atomic E-state index is 13.6. The molecule has 0 spiro atoms. The van der Waals surface area contributed by atoms with Gasteiger partial charge in [0.25, 0.3) is 5.91 Å². The molecule has 1 aliphatic heterocycles. The van der Waals surface area contributed by atoms with Gasteiger partial charge in [0.15, 0.2) is 11.5 Å². The van der Waals surface area contributed by atoms with Gasteiger partial charge in [-0.25, -0.2) is 4.39 Å². The van der Waals surface area contributed by atoms with Crippen molar-refractivity contribution in [3.8, 4) is 11.5 Å². The van der Waals surface area contributed by atoms with E-state index in [1.54, 1.807) is 18.2 Å². The highest BCUT2D eigenvalue weighted by Crippen LogP contribution is 2.37. The Morgan fingerprint density at radius 1 is 1.14 bits per heavy atom. The van der Waals surface area contributed by atoms with Crippen molar-refractivity contribution in [1.82, 2.24) is 0 Å². The second kappa shape index (κ2) is 6.23. The Morgan fingerprint density at radius 3 is 2.55 bits per heavy atom. The van der Waals surface area contributed by atoms with Crippen LogP contribution in [0, 0.1) is 5.82 Å². The molecule has 0 saturated heterocycles. The number of carbonyl (C=O) groups excluding carboxylic acids is 1. The number of halogens is 2. The predicted octanol–water partition coefficient (Wildman–Crippen LogP) is 3.89. The Bertz CT molecular complexity index is 721. The summed E-state index contributed by atoms with van der Waals surface area (Å²) in [6, 6.07) is 8.91. The molecule has 1 aliphatic rings. The Kier molecular flexibility index (Phi) is 4.15. The van der Waals surface area contributed by atoms with Gasteiger partial charge >= 0.3 is 0 Å². The standard InChI is InChI=1S/C16H13ClFNO3/c17-11-8-14-15(22-7-3-6-21-14)9-13(11)19-16(20)10-4-1-2-5-12(10)18/h1-2,4-5,8-9H,3,6-7H2,(H,19,20). The zero-order valence-corrected chi connectivity index (χ0v) is 12.3. The Morgan fingerprint density at radius 2 is 1.82 bits per heavy atom. The van der Waals surface area contributed by atoms with Crippen LogP contribution in [0.3, 0.4) is 0 Å². The first kappa shape index (κ1) is 14.7. The lowest BCUT2D eigenvalue weighted by Gasteiger charge is -2.12. The van der Waals surface area contributed by atoms with Crippen LogP contribution in [-0.4, -0.2) is 19.1 Å². The van der Waals surface area contributed by atoms with Gasteiger partial charge in [0.1, 0.15) is 5.82 Å². The van der Waals surface area contributed by atoms with Gasteiger partial charge in [-0.2, -0.15) is 0 Å². The van der Waals surface area contributed by atoms with E-state index in [0.717, 1.165) is 6.42 Å². The fourth-order valence-corrected chi connectivity index (χ4v) is 2.32. The van der Waals surface area contributed by atoms with Gasteiger partial charge in [-0.1, -0.05) is 23.7 Å². The van der Waals surface area contributed by atoms with Gasteiger partial charge in [-0.3, -0.25) is 4.79 Å². The van der Waals surface area contributed by atoms with Gasteiger partial charge in [-0.15, -0.1) is 0 Å². The van der Waals surface area contributed by atoms with Crippen LogP contribution in [-0.2, 0) is 0 Å². The first-order valence-electron chi connectivity index (χ1n) is 6.80. The molecule has 0 fully saturated rings. The van der Waals surface area contributed by atoms with Crippen LogP contribution in [0.25, 0.3) is 0 Å². The van der Waals surface area contributed by atoms with E-state index in [0.29, 0.717) is 35.4 Å². The molecule has 0 radical (unpaired) electrons. The lowest BCUT2D eigenvalue weighted by molar-refractivity contribution is 0.102. The maximum absolute atomic E-state index is 13.6. The highest BCUT2D eigenvalue weighted by atomic mass is 35.5. The van der Waals surface area contributed by atoms with E-state index >= 15 is 0 Å².